The summed E-state index contributed by atoms with van der Waals surface area (Å²) in [5.74, 6) is 0.910. The molecule has 0 saturated carbocycles. The third-order valence-corrected chi connectivity index (χ3v) is 3.92. The van der Waals surface area contributed by atoms with Gasteiger partial charge in [0, 0.05) is 24.8 Å². The van der Waals surface area contributed by atoms with Gasteiger partial charge >= 0.3 is 0 Å². The molecule has 0 aromatic carbocycles. The van der Waals surface area contributed by atoms with E-state index in [0.29, 0.717) is 0 Å². The average molecular weight is 221 g/mol. The predicted molar refractivity (Wildman–Crippen MR) is 66.4 cm³/mol. The number of rotatable bonds is 2. The molecule has 3 nitrogen and oxygen atoms in total. The molecule has 0 spiro atoms. The molecule has 0 bridgehead atoms. The zero-order chi connectivity index (χ0) is 11.7. The standard InChI is InChI=1S/C13H23N3/c1-10-5-7-16(8-6-10)9-13-11(2)14-15(4)12(13)3/h10H,5-9H2,1-4H3. The molecule has 0 N–H and O–H groups in total. The summed E-state index contributed by atoms with van der Waals surface area (Å²) in [4.78, 5) is 2.57. The topological polar surface area (TPSA) is 21.1 Å². The van der Waals surface area contributed by atoms with Crippen LogP contribution in [0.4, 0.5) is 0 Å². The van der Waals surface area contributed by atoms with E-state index in [2.05, 4.69) is 30.8 Å². The van der Waals surface area contributed by atoms with Crippen molar-refractivity contribution in [3.8, 4) is 0 Å². The van der Waals surface area contributed by atoms with E-state index >= 15 is 0 Å². The average Bonchev–Trinajstić information content (AvgIpc) is 2.48. The fourth-order valence-electron chi connectivity index (χ4n) is 2.49. The number of hydrogen-bond donors (Lipinski definition) is 0. The number of aromatic nitrogens is 2. The molecule has 0 atom stereocenters. The Labute approximate surface area is 98.4 Å². The van der Waals surface area contributed by atoms with Gasteiger partial charge in [-0.3, -0.25) is 9.58 Å². The Morgan fingerprint density at radius 3 is 2.38 bits per heavy atom. The summed E-state index contributed by atoms with van der Waals surface area (Å²) in [5.41, 5.74) is 3.94. The first-order valence-electron chi connectivity index (χ1n) is 6.29. The van der Waals surface area contributed by atoms with E-state index in [1.165, 1.54) is 42.9 Å². The van der Waals surface area contributed by atoms with E-state index < -0.39 is 0 Å². The summed E-state index contributed by atoms with van der Waals surface area (Å²) in [6, 6.07) is 0. The number of piperidine rings is 1. The zero-order valence-electron chi connectivity index (χ0n) is 11.0. The lowest BCUT2D eigenvalue weighted by atomic mass is 9.99. The molecule has 1 aliphatic rings. The fourth-order valence-corrected chi connectivity index (χ4v) is 2.49. The Morgan fingerprint density at radius 1 is 1.25 bits per heavy atom. The van der Waals surface area contributed by atoms with E-state index in [0.717, 1.165) is 12.5 Å². The normalized spacial score (nSPS) is 19.2. The lowest BCUT2D eigenvalue weighted by Gasteiger charge is -2.30. The first kappa shape index (κ1) is 11.6. The molecule has 2 heterocycles. The van der Waals surface area contributed by atoms with Gasteiger partial charge in [-0.25, -0.2) is 0 Å². The second-order valence-electron chi connectivity index (χ2n) is 5.23. The van der Waals surface area contributed by atoms with E-state index in [1.54, 1.807) is 0 Å². The quantitative estimate of drug-likeness (QED) is 0.764. The van der Waals surface area contributed by atoms with Gasteiger partial charge in [0.25, 0.3) is 0 Å². The van der Waals surface area contributed by atoms with E-state index in [9.17, 15) is 0 Å². The van der Waals surface area contributed by atoms with Crippen molar-refractivity contribution < 1.29 is 0 Å². The molecule has 0 radical (unpaired) electrons. The highest BCUT2D eigenvalue weighted by atomic mass is 15.3. The summed E-state index contributed by atoms with van der Waals surface area (Å²) >= 11 is 0. The molecule has 3 heteroatoms. The Bertz CT molecular complexity index is 359. The van der Waals surface area contributed by atoms with Crippen molar-refractivity contribution in [3.63, 3.8) is 0 Å². The molecule has 1 aromatic rings. The minimum Gasteiger partial charge on any atom is -0.299 e. The second kappa shape index (κ2) is 4.58. The van der Waals surface area contributed by atoms with E-state index in [-0.39, 0.29) is 0 Å². The van der Waals surface area contributed by atoms with Gasteiger partial charge in [0.05, 0.1) is 5.69 Å². The van der Waals surface area contributed by atoms with Gasteiger partial charge in [0.1, 0.15) is 0 Å². The summed E-state index contributed by atoms with van der Waals surface area (Å²) in [6.45, 7) is 10.2. The molecule has 1 saturated heterocycles. The van der Waals surface area contributed by atoms with Gasteiger partial charge < -0.3 is 0 Å². The number of likely N-dealkylation sites (tertiary alicyclic amines) is 1. The van der Waals surface area contributed by atoms with Gasteiger partial charge in [-0.2, -0.15) is 5.10 Å². The Kier molecular flexibility index (Phi) is 3.33. The van der Waals surface area contributed by atoms with Crippen LogP contribution in [-0.4, -0.2) is 27.8 Å². The molecular formula is C13H23N3. The molecular weight excluding hydrogens is 198 g/mol. The van der Waals surface area contributed by atoms with Crippen molar-refractivity contribution in [2.24, 2.45) is 13.0 Å². The van der Waals surface area contributed by atoms with Crippen molar-refractivity contribution in [2.75, 3.05) is 13.1 Å². The number of hydrogen-bond acceptors (Lipinski definition) is 2. The first-order valence-corrected chi connectivity index (χ1v) is 6.29. The molecule has 1 aliphatic heterocycles. The molecule has 1 fully saturated rings. The first-order chi connectivity index (χ1) is 7.58. The van der Waals surface area contributed by atoms with Crippen molar-refractivity contribution in [1.82, 2.24) is 14.7 Å². The van der Waals surface area contributed by atoms with Crippen LogP contribution in [-0.2, 0) is 13.6 Å². The lowest BCUT2D eigenvalue weighted by molar-refractivity contribution is 0.184. The maximum Gasteiger partial charge on any atom is 0.0641 e. The SMILES string of the molecule is Cc1nn(C)c(C)c1CN1CCC(C)CC1. The van der Waals surface area contributed by atoms with Crippen molar-refractivity contribution in [1.29, 1.82) is 0 Å². The Hall–Kier alpha value is -0.830. The minimum absolute atomic E-state index is 0.910. The van der Waals surface area contributed by atoms with Crippen molar-refractivity contribution in [2.45, 2.75) is 40.2 Å². The Balaban J connectivity index is 2.03. The van der Waals surface area contributed by atoms with Crippen LogP contribution in [0, 0.1) is 19.8 Å². The van der Waals surface area contributed by atoms with Crippen molar-refractivity contribution in [3.05, 3.63) is 17.0 Å². The minimum atomic E-state index is 0.910. The molecule has 2 rings (SSSR count). The summed E-state index contributed by atoms with van der Waals surface area (Å²) in [6.07, 6.45) is 2.69. The highest BCUT2D eigenvalue weighted by Crippen LogP contribution is 2.20. The fraction of sp³-hybridized carbons (Fsp3) is 0.769. The van der Waals surface area contributed by atoms with Crippen molar-refractivity contribution >= 4 is 0 Å². The highest BCUT2D eigenvalue weighted by Gasteiger charge is 2.18. The van der Waals surface area contributed by atoms with Crippen LogP contribution in [0.2, 0.25) is 0 Å². The zero-order valence-corrected chi connectivity index (χ0v) is 11.0. The third kappa shape index (κ3) is 2.29. The molecule has 1 aromatic heterocycles. The van der Waals surface area contributed by atoms with Crippen LogP contribution in [0.5, 0.6) is 0 Å². The van der Waals surface area contributed by atoms with Crippen LogP contribution in [0.15, 0.2) is 0 Å². The maximum atomic E-state index is 4.48. The molecule has 0 unspecified atom stereocenters. The van der Waals surface area contributed by atoms with Gasteiger partial charge in [0.2, 0.25) is 0 Å². The van der Waals surface area contributed by atoms with E-state index in [4.69, 9.17) is 0 Å². The predicted octanol–water partition coefficient (Wildman–Crippen LogP) is 2.27. The number of nitrogens with zero attached hydrogens (tertiary/aromatic N) is 3. The second-order valence-corrected chi connectivity index (χ2v) is 5.23. The third-order valence-electron chi connectivity index (χ3n) is 3.92. The van der Waals surface area contributed by atoms with Crippen LogP contribution >= 0.6 is 0 Å². The smallest absolute Gasteiger partial charge is 0.0641 e. The molecule has 90 valence electrons. The van der Waals surface area contributed by atoms with E-state index in [1.807, 2.05) is 11.7 Å². The maximum absolute atomic E-state index is 4.48. The Morgan fingerprint density at radius 2 is 1.88 bits per heavy atom. The lowest BCUT2D eigenvalue weighted by Crippen LogP contribution is -2.32. The van der Waals surface area contributed by atoms with Gasteiger partial charge in [0.15, 0.2) is 0 Å². The number of aryl methyl sites for hydroxylation is 2. The monoisotopic (exact) mass is 221 g/mol. The van der Waals surface area contributed by atoms with Crippen LogP contribution in [0.3, 0.4) is 0 Å². The van der Waals surface area contributed by atoms with Crippen LogP contribution < -0.4 is 0 Å². The largest absolute Gasteiger partial charge is 0.299 e. The summed E-state index contributed by atoms with van der Waals surface area (Å²) < 4.78 is 2.00. The van der Waals surface area contributed by atoms with Gasteiger partial charge in [-0.1, -0.05) is 6.92 Å². The summed E-state index contributed by atoms with van der Waals surface area (Å²) in [5, 5.41) is 4.48. The van der Waals surface area contributed by atoms with Gasteiger partial charge in [-0.15, -0.1) is 0 Å². The van der Waals surface area contributed by atoms with Crippen LogP contribution in [0.25, 0.3) is 0 Å². The van der Waals surface area contributed by atoms with Gasteiger partial charge in [-0.05, 0) is 45.7 Å². The molecule has 0 aliphatic carbocycles. The highest BCUT2D eigenvalue weighted by molar-refractivity contribution is 5.24. The molecule has 0 amide bonds. The summed E-state index contributed by atoms with van der Waals surface area (Å²) in [7, 11) is 2.03. The van der Waals surface area contributed by atoms with Crippen LogP contribution in [0.1, 0.15) is 36.7 Å². The molecule has 16 heavy (non-hydrogen) atoms.